The highest BCUT2D eigenvalue weighted by molar-refractivity contribution is 6.30. The van der Waals surface area contributed by atoms with Crippen molar-refractivity contribution in [2.75, 3.05) is 42.7 Å². The van der Waals surface area contributed by atoms with Crippen LogP contribution in [0.4, 0.5) is 0 Å². The Kier molecular flexibility index (Phi) is 13.1. The Morgan fingerprint density at radius 2 is 0.353 bits per heavy atom. The summed E-state index contributed by atoms with van der Waals surface area (Å²) >= 11 is 12.3. The molecule has 0 saturated carbocycles. The molecule has 0 spiro atoms. The second-order valence-corrected chi connectivity index (χ2v) is 18.2. The molecule has 0 amide bonds. The van der Waals surface area contributed by atoms with Crippen LogP contribution in [-0.2, 0) is 62.0 Å². The smallest absolute Gasteiger partial charge is 0.129 e. The van der Waals surface area contributed by atoms with Gasteiger partial charge in [0.2, 0.25) is 0 Å². The van der Waals surface area contributed by atoms with Crippen molar-refractivity contribution < 1.29 is 28.4 Å². The van der Waals surface area contributed by atoms with E-state index >= 15 is 0 Å². The third-order valence-corrected chi connectivity index (χ3v) is 14.6. The summed E-state index contributed by atoms with van der Waals surface area (Å²) in [7, 11) is 10.3. The van der Waals surface area contributed by atoms with E-state index in [1.165, 1.54) is 0 Å². The molecule has 8 heteroatoms. The number of hydrogen-bond donors (Lipinski definition) is 0. The summed E-state index contributed by atoms with van der Waals surface area (Å²) < 4.78 is 36.7. The molecule has 3 aliphatic carbocycles. The van der Waals surface area contributed by atoms with E-state index in [0.29, 0.717) is 10.0 Å². The van der Waals surface area contributed by atoms with E-state index in [1.807, 2.05) is 72.8 Å². The minimum absolute atomic E-state index is 0.678. The molecule has 0 N–H and O–H groups in total. The normalized spacial score (nSPS) is 27.2. The van der Waals surface area contributed by atoms with Gasteiger partial charge in [-0.15, -0.1) is 0 Å². The zero-order valence-corrected chi connectivity index (χ0v) is 40.5. The van der Waals surface area contributed by atoms with Gasteiger partial charge in [0, 0.05) is 52.7 Å². The van der Waals surface area contributed by atoms with Crippen LogP contribution in [-0.4, -0.2) is 42.7 Å². The topological polar surface area (TPSA) is 55.4 Å². The SMILES string of the molecule is COC1(c2ccc(Cl)cc2)C=CC(OC)(c2ccc(-c3ccc(C4(OC)C=CC(OC)(c5ccc(-c6ccc(C7(OC)C=CC(OC)(c8ccc(Cl)cc8)C=C7)cc6)cc5)C=C4)cc3)cc2)C=C1. The second-order valence-electron chi connectivity index (χ2n) is 17.3. The maximum Gasteiger partial charge on any atom is 0.129 e. The number of methoxy groups -OCH3 is 6. The third kappa shape index (κ3) is 8.40. The molecule has 3 aliphatic rings. The van der Waals surface area contributed by atoms with Crippen molar-refractivity contribution in [1.82, 2.24) is 0 Å². The summed E-state index contributed by atoms with van der Waals surface area (Å²) in [4.78, 5) is 0. The molecule has 0 aromatic heterocycles. The molecule has 0 bridgehead atoms. The number of rotatable bonds is 14. The first-order valence-corrected chi connectivity index (χ1v) is 23.2. The monoisotopic (exact) mass is 940 g/mol. The Bertz CT molecular complexity index is 2670. The van der Waals surface area contributed by atoms with Crippen molar-refractivity contribution >= 4 is 23.2 Å². The van der Waals surface area contributed by atoms with E-state index in [1.54, 1.807) is 42.7 Å². The number of hydrogen-bond acceptors (Lipinski definition) is 6. The Morgan fingerprint density at radius 3 is 0.485 bits per heavy atom. The van der Waals surface area contributed by atoms with E-state index in [4.69, 9.17) is 51.6 Å². The van der Waals surface area contributed by atoms with E-state index in [0.717, 1.165) is 55.6 Å². The van der Waals surface area contributed by atoms with Gasteiger partial charge in [-0.3, -0.25) is 0 Å². The van der Waals surface area contributed by atoms with Crippen LogP contribution >= 0.6 is 23.2 Å². The molecule has 0 radical (unpaired) electrons. The lowest BCUT2D eigenvalue weighted by Gasteiger charge is -2.36. The minimum Gasteiger partial charge on any atom is -0.365 e. The maximum atomic E-state index is 6.23. The van der Waals surface area contributed by atoms with Gasteiger partial charge in [0.05, 0.1) is 0 Å². The van der Waals surface area contributed by atoms with Crippen molar-refractivity contribution in [2.45, 2.75) is 33.6 Å². The fourth-order valence-corrected chi connectivity index (χ4v) is 9.86. The van der Waals surface area contributed by atoms with Crippen LogP contribution in [0.25, 0.3) is 22.3 Å². The van der Waals surface area contributed by atoms with Crippen LogP contribution in [0.15, 0.2) is 219 Å². The first-order chi connectivity index (χ1) is 33.0. The average Bonchev–Trinajstić information content (AvgIpc) is 3.41. The molecule has 6 aromatic carbocycles. The summed E-state index contributed by atoms with van der Waals surface area (Å²) in [6.45, 7) is 0. The average molecular weight is 942 g/mol. The van der Waals surface area contributed by atoms with E-state index < -0.39 is 33.6 Å². The Labute approximate surface area is 410 Å². The molecule has 0 heterocycles. The van der Waals surface area contributed by atoms with Gasteiger partial charge in [0.25, 0.3) is 0 Å². The molecule has 68 heavy (non-hydrogen) atoms. The highest BCUT2D eigenvalue weighted by atomic mass is 35.5. The van der Waals surface area contributed by atoms with Crippen molar-refractivity contribution in [3.8, 4) is 22.3 Å². The highest BCUT2D eigenvalue weighted by Gasteiger charge is 2.39. The number of ether oxygens (including phenoxy) is 6. The molecule has 0 atom stereocenters. The quantitative estimate of drug-likeness (QED) is 0.101. The van der Waals surface area contributed by atoms with Gasteiger partial charge >= 0.3 is 0 Å². The molecule has 0 fully saturated rings. The first-order valence-electron chi connectivity index (χ1n) is 22.4. The third-order valence-electron chi connectivity index (χ3n) is 14.1. The maximum absolute atomic E-state index is 6.23. The van der Waals surface area contributed by atoms with Crippen molar-refractivity contribution in [1.29, 1.82) is 0 Å². The standard InChI is InChI=1S/C60H54Cl2O6/c1-63-55(47-15-7-43(8-16-47)45-11-19-49(20-12-45)57(65-3)35-39-59(67-5,40-36-57)51-23-27-53(61)28-24-51)31-33-56(64-2,34-32-55)48-17-9-44(10-18-48)46-13-21-50(22-14-46)58(66-4)37-41-60(68-6,42-38-58)52-25-29-54(62)30-26-52/h7-42H,1-6H3. The van der Waals surface area contributed by atoms with Gasteiger partial charge in [0.1, 0.15) is 33.6 Å². The first kappa shape index (κ1) is 47.2. The number of benzene rings is 6. The predicted molar refractivity (Wildman–Crippen MR) is 274 cm³/mol. The van der Waals surface area contributed by atoms with E-state index in [9.17, 15) is 0 Å². The highest BCUT2D eigenvalue weighted by Crippen LogP contribution is 2.44. The van der Waals surface area contributed by atoms with Crippen LogP contribution in [0.1, 0.15) is 33.4 Å². The van der Waals surface area contributed by atoms with Gasteiger partial charge in [-0.25, -0.2) is 0 Å². The molecule has 9 rings (SSSR count). The lowest BCUT2D eigenvalue weighted by molar-refractivity contribution is 0.0421. The molecule has 0 saturated heterocycles. The molecular weight excluding hydrogens is 888 g/mol. The van der Waals surface area contributed by atoms with Gasteiger partial charge < -0.3 is 28.4 Å². The summed E-state index contributed by atoms with van der Waals surface area (Å²) in [5.74, 6) is 0. The summed E-state index contributed by atoms with van der Waals surface area (Å²) in [6.07, 6.45) is 24.7. The van der Waals surface area contributed by atoms with Crippen LogP contribution < -0.4 is 0 Å². The summed E-state index contributed by atoms with van der Waals surface area (Å²) in [5, 5.41) is 1.36. The molecule has 344 valence electrons. The lowest BCUT2D eigenvalue weighted by Crippen LogP contribution is -2.33. The minimum atomic E-state index is -0.775. The zero-order chi connectivity index (χ0) is 47.6. The van der Waals surface area contributed by atoms with Crippen LogP contribution in [0.3, 0.4) is 0 Å². The van der Waals surface area contributed by atoms with Crippen LogP contribution in [0.5, 0.6) is 0 Å². The lowest BCUT2D eigenvalue weighted by atomic mass is 9.80. The van der Waals surface area contributed by atoms with Crippen molar-refractivity contribution in [3.63, 3.8) is 0 Å². The van der Waals surface area contributed by atoms with Gasteiger partial charge in [-0.2, -0.15) is 0 Å². The fourth-order valence-electron chi connectivity index (χ4n) is 9.61. The van der Waals surface area contributed by atoms with E-state index in [-0.39, 0.29) is 0 Å². The Hall–Kier alpha value is -5.90. The number of halogens is 2. The fraction of sp³-hybridized carbons (Fsp3) is 0.200. The van der Waals surface area contributed by atoms with Crippen LogP contribution in [0, 0.1) is 0 Å². The predicted octanol–water partition coefficient (Wildman–Crippen LogP) is 13.9. The molecule has 6 aromatic rings. The largest absolute Gasteiger partial charge is 0.365 e. The molecule has 0 aliphatic heterocycles. The Balaban J connectivity index is 0.877. The summed E-state index contributed by atoms with van der Waals surface area (Å²) in [6, 6.07) is 49.4. The van der Waals surface area contributed by atoms with Gasteiger partial charge in [-0.05, 0) is 153 Å². The Morgan fingerprint density at radius 1 is 0.221 bits per heavy atom. The molecular formula is C60H54Cl2O6. The van der Waals surface area contributed by atoms with Crippen molar-refractivity contribution in [3.05, 3.63) is 262 Å². The molecule has 6 nitrogen and oxygen atoms in total. The summed E-state index contributed by atoms with van der Waals surface area (Å²) in [5.41, 5.74) is 5.86. The second kappa shape index (κ2) is 18.9. The molecule has 0 unspecified atom stereocenters. The van der Waals surface area contributed by atoms with Crippen molar-refractivity contribution in [2.24, 2.45) is 0 Å². The van der Waals surface area contributed by atoms with Gasteiger partial charge in [-0.1, -0.05) is 145 Å². The van der Waals surface area contributed by atoms with Crippen LogP contribution in [0.2, 0.25) is 10.0 Å². The zero-order valence-electron chi connectivity index (χ0n) is 39.0. The van der Waals surface area contributed by atoms with E-state index in [2.05, 4.69) is 146 Å². The van der Waals surface area contributed by atoms with Gasteiger partial charge in [0.15, 0.2) is 0 Å².